The lowest BCUT2D eigenvalue weighted by Gasteiger charge is -2.38. The van der Waals surface area contributed by atoms with Gasteiger partial charge in [0.05, 0.1) is 25.3 Å². The van der Waals surface area contributed by atoms with Crippen LogP contribution < -0.4 is 20.1 Å². The number of phenolic OH excluding ortho intramolecular Hbond substituents is 1. The number of aromatic hydroxyl groups is 1. The standard InChI is InChI=1S/C24H27N3O4S/c1-4-31-20-13-15(5-12-19(20)28)22-21(14(2)27(17-8-9-17)24(32)26-22)23(29)25-16-6-10-18(30-3)11-7-16/h5-7,10-13,17,22,28H,4,8-9H2,1-3H3,(H,25,29)(H,26,32). The van der Waals surface area contributed by atoms with Crippen LogP contribution in [0.1, 0.15) is 38.3 Å². The molecule has 32 heavy (non-hydrogen) atoms. The van der Waals surface area contributed by atoms with Gasteiger partial charge in [0.15, 0.2) is 16.6 Å². The number of anilines is 1. The maximum atomic E-state index is 13.5. The molecule has 0 radical (unpaired) electrons. The minimum Gasteiger partial charge on any atom is -0.504 e. The summed E-state index contributed by atoms with van der Waals surface area (Å²) in [6.45, 7) is 4.21. The van der Waals surface area contributed by atoms with Crippen molar-refractivity contribution in [3.05, 3.63) is 59.3 Å². The minimum atomic E-state index is -0.476. The summed E-state index contributed by atoms with van der Waals surface area (Å²) < 4.78 is 10.8. The Hall–Kier alpha value is -3.26. The van der Waals surface area contributed by atoms with Crippen molar-refractivity contribution in [2.24, 2.45) is 0 Å². The summed E-state index contributed by atoms with van der Waals surface area (Å²) >= 11 is 5.66. The van der Waals surface area contributed by atoms with Crippen LogP contribution in [0.3, 0.4) is 0 Å². The molecule has 1 heterocycles. The first-order valence-corrected chi connectivity index (χ1v) is 11.0. The van der Waals surface area contributed by atoms with Gasteiger partial charge in [-0.15, -0.1) is 0 Å². The van der Waals surface area contributed by atoms with Crippen molar-refractivity contribution in [1.82, 2.24) is 10.2 Å². The van der Waals surface area contributed by atoms with E-state index in [4.69, 9.17) is 21.7 Å². The number of rotatable bonds is 7. The lowest BCUT2D eigenvalue weighted by molar-refractivity contribution is -0.113. The summed E-state index contributed by atoms with van der Waals surface area (Å²) in [4.78, 5) is 15.5. The van der Waals surface area contributed by atoms with Crippen molar-refractivity contribution in [2.45, 2.75) is 38.8 Å². The van der Waals surface area contributed by atoms with Crippen LogP contribution in [-0.2, 0) is 4.79 Å². The van der Waals surface area contributed by atoms with Crippen LogP contribution in [-0.4, -0.2) is 40.8 Å². The Labute approximate surface area is 193 Å². The van der Waals surface area contributed by atoms with Crippen LogP contribution in [0, 0.1) is 0 Å². The molecule has 0 aromatic heterocycles. The smallest absolute Gasteiger partial charge is 0.255 e. The molecular weight excluding hydrogens is 426 g/mol. The molecule has 1 amide bonds. The van der Waals surface area contributed by atoms with Crippen LogP contribution in [0.4, 0.5) is 5.69 Å². The molecule has 3 N–H and O–H groups in total. The van der Waals surface area contributed by atoms with Crippen molar-refractivity contribution in [1.29, 1.82) is 0 Å². The molecule has 7 nitrogen and oxygen atoms in total. The lowest BCUT2D eigenvalue weighted by Crippen LogP contribution is -2.49. The van der Waals surface area contributed by atoms with E-state index in [1.807, 2.05) is 18.7 Å². The second-order valence-electron chi connectivity index (χ2n) is 7.83. The van der Waals surface area contributed by atoms with E-state index in [0.717, 1.165) is 24.1 Å². The van der Waals surface area contributed by atoms with Gasteiger partial charge in [-0.2, -0.15) is 0 Å². The van der Waals surface area contributed by atoms with Gasteiger partial charge in [0.25, 0.3) is 5.91 Å². The number of hydrogen-bond acceptors (Lipinski definition) is 5. The third-order valence-electron chi connectivity index (χ3n) is 5.65. The summed E-state index contributed by atoms with van der Waals surface area (Å²) in [6, 6.07) is 12.1. The first kappa shape index (κ1) is 22.0. The van der Waals surface area contributed by atoms with Gasteiger partial charge in [-0.1, -0.05) is 6.07 Å². The number of hydrogen-bond donors (Lipinski definition) is 3. The van der Waals surface area contributed by atoms with Gasteiger partial charge in [0.2, 0.25) is 0 Å². The molecule has 1 aliphatic heterocycles. The zero-order chi connectivity index (χ0) is 22.8. The van der Waals surface area contributed by atoms with Gasteiger partial charge < -0.3 is 30.1 Å². The summed E-state index contributed by atoms with van der Waals surface area (Å²) in [5.74, 6) is 0.922. The van der Waals surface area contributed by atoms with E-state index in [2.05, 4.69) is 10.6 Å². The van der Waals surface area contributed by atoms with Crippen LogP contribution in [0.5, 0.6) is 17.2 Å². The fourth-order valence-corrected chi connectivity index (χ4v) is 4.33. The third-order valence-corrected chi connectivity index (χ3v) is 5.96. The van der Waals surface area contributed by atoms with E-state index in [1.54, 1.807) is 49.6 Å². The SMILES string of the molecule is CCOc1cc(C2NC(=S)N(C3CC3)C(C)=C2C(=O)Nc2ccc(OC)cc2)ccc1O. The third kappa shape index (κ3) is 4.36. The second kappa shape index (κ2) is 9.08. The maximum Gasteiger partial charge on any atom is 0.255 e. The number of ether oxygens (including phenoxy) is 2. The van der Waals surface area contributed by atoms with E-state index in [-0.39, 0.29) is 11.7 Å². The molecule has 0 saturated heterocycles. The largest absolute Gasteiger partial charge is 0.504 e. The van der Waals surface area contributed by atoms with Crippen molar-refractivity contribution in [2.75, 3.05) is 19.0 Å². The Kier molecular flexibility index (Phi) is 6.23. The number of phenols is 1. The predicted octanol–water partition coefficient (Wildman–Crippen LogP) is 4.11. The zero-order valence-corrected chi connectivity index (χ0v) is 19.2. The lowest BCUT2D eigenvalue weighted by atomic mass is 9.93. The van der Waals surface area contributed by atoms with Gasteiger partial charge in [0, 0.05) is 17.4 Å². The molecule has 8 heteroatoms. The molecule has 1 atom stereocenters. The Morgan fingerprint density at radius 1 is 1.25 bits per heavy atom. The summed E-state index contributed by atoms with van der Waals surface area (Å²) in [5, 5.41) is 17.1. The monoisotopic (exact) mass is 453 g/mol. The Bertz CT molecular complexity index is 1060. The zero-order valence-electron chi connectivity index (χ0n) is 18.3. The number of nitrogens with one attached hydrogen (secondary N) is 2. The van der Waals surface area contributed by atoms with E-state index in [1.165, 1.54) is 0 Å². The first-order chi connectivity index (χ1) is 15.4. The van der Waals surface area contributed by atoms with Gasteiger partial charge in [-0.25, -0.2) is 0 Å². The summed E-state index contributed by atoms with van der Waals surface area (Å²) in [6.07, 6.45) is 2.09. The van der Waals surface area contributed by atoms with Gasteiger partial charge >= 0.3 is 0 Å². The van der Waals surface area contributed by atoms with Crippen LogP contribution in [0.15, 0.2) is 53.7 Å². The Morgan fingerprint density at radius 2 is 1.97 bits per heavy atom. The highest BCUT2D eigenvalue weighted by Crippen LogP contribution is 2.39. The van der Waals surface area contributed by atoms with Crippen molar-refractivity contribution >= 4 is 28.9 Å². The van der Waals surface area contributed by atoms with E-state index < -0.39 is 6.04 Å². The number of nitrogens with zero attached hydrogens (tertiary/aromatic N) is 1. The predicted molar refractivity (Wildman–Crippen MR) is 127 cm³/mol. The Morgan fingerprint density at radius 3 is 2.59 bits per heavy atom. The quantitative estimate of drug-likeness (QED) is 0.544. The van der Waals surface area contributed by atoms with Gasteiger partial charge in [-0.3, -0.25) is 4.79 Å². The highest BCUT2D eigenvalue weighted by Gasteiger charge is 2.40. The maximum absolute atomic E-state index is 13.5. The minimum absolute atomic E-state index is 0.0542. The molecule has 2 aromatic carbocycles. The molecule has 0 spiro atoms. The summed E-state index contributed by atoms with van der Waals surface area (Å²) in [5.41, 5.74) is 2.86. The number of benzene rings is 2. The molecule has 1 unspecified atom stereocenters. The number of carbonyl (C=O) groups is 1. The fourth-order valence-electron chi connectivity index (χ4n) is 3.93. The van der Waals surface area contributed by atoms with Crippen LogP contribution >= 0.6 is 12.2 Å². The van der Waals surface area contributed by atoms with E-state index >= 15 is 0 Å². The van der Waals surface area contributed by atoms with Crippen molar-refractivity contribution < 1.29 is 19.4 Å². The van der Waals surface area contributed by atoms with Crippen LogP contribution in [0.2, 0.25) is 0 Å². The molecule has 2 aromatic rings. The molecule has 1 saturated carbocycles. The summed E-state index contributed by atoms with van der Waals surface area (Å²) in [7, 11) is 1.60. The molecule has 4 rings (SSSR count). The molecular formula is C24H27N3O4S. The normalized spacial score (nSPS) is 18.3. The Balaban J connectivity index is 1.72. The second-order valence-corrected chi connectivity index (χ2v) is 8.21. The average Bonchev–Trinajstić information content (AvgIpc) is 3.60. The highest BCUT2D eigenvalue weighted by atomic mass is 32.1. The van der Waals surface area contributed by atoms with Crippen molar-refractivity contribution in [3.8, 4) is 17.2 Å². The topological polar surface area (TPSA) is 83.1 Å². The average molecular weight is 454 g/mol. The van der Waals surface area contributed by atoms with E-state index in [0.29, 0.717) is 40.5 Å². The molecule has 1 fully saturated rings. The number of methoxy groups -OCH3 is 1. The molecule has 1 aliphatic carbocycles. The number of allylic oxidation sites excluding steroid dienone is 1. The number of amides is 1. The van der Waals surface area contributed by atoms with Crippen molar-refractivity contribution in [3.63, 3.8) is 0 Å². The number of thiocarbonyl (C=S) groups is 1. The van der Waals surface area contributed by atoms with Gasteiger partial charge in [-0.05, 0) is 80.9 Å². The molecule has 168 valence electrons. The van der Waals surface area contributed by atoms with E-state index in [9.17, 15) is 9.90 Å². The molecule has 2 aliphatic rings. The van der Waals surface area contributed by atoms with Gasteiger partial charge in [0.1, 0.15) is 5.75 Å². The fraction of sp³-hybridized carbons (Fsp3) is 0.333. The first-order valence-electron chi connectivity index (χ1n) is 10.6. The van der Waals surface area contributed by atoms with Crippen LogP contribution in [0.25, 0.3) is 0 Å². The highest BCUT2D eigenvalue weighted by molar-refractivity contribution is 7.80. The molecule has 0 bridgehead atoms. The number of carbonyl (C=O) groups excluding carboxylic acids is 1.